The Morgan fingerprint density at radius 3 is 2.54 bits per heavy atom. The average Bonchev–Trinajstić information content (AvgIpc) is 3.25. The van der Waals surface area contributed by atoms with Crippen LogP contribution in [0.1, 0.15) is 83.1 Å². The summed E-state index contributed by atoms with van der Waals surface area (Å²) in [6.07, 6.45) is 10.6. The van der Waals surface area contributed by atoms with Gasteiger partial charge in [-0.15, -0.1) is 0 Å². The molecule has 9 heteroatoms. The number of carbonyl (C=O) groups is 2. The minimum Gasteiger partial charge on any atom is -0.381 e. The van der Waals surface area contributed by atoms with E-state index in [1.165, 1.54) is 5.57 Å². The number of aryl methyl sites for hydroxylation is 3. The number of nitrogens with one attached hydrogen (secondary N) is 1. The van der Waals surface area contributed by atoms with Crippen LogP contribution >= 0.6 is 0 Å². The molecule has 5 rings (SSSR count). The quantitative estimate of drug-likeness (QED) is 0.500. The molecule has 1 N–H and O–H groups in total. The van der Waals surface area contributed by atoms with Crippen molar-refractivity contribution < 1.29 is 14.3 Å². The molecule has 3 aliphatic rings. The van der Waals surface area contributed by atoms with Gasteiger partial charge in [-0.05, 0) is 69.7 Å². The van der Waals surface area contributed by atoms with E-state index in [-0.39, 0.29) is 17.9 Å². The van der Waals surface area contributed by atoms with Crippen molar-refractivity contribution >= 4 is 23.7 Å². The standard InChI is InChI=1S/C32H44N6O3/c1-5-25-19-28(32(40)37-13-11-36(12-14-37)20-26-17-22(2)7-6-10-33-26)23(3)18-30(25)34-31(39)29-21-38(35-24(29)4)27-8-15-41-16-9-27/h7,10,18-19,21,26-27H,5-6,8-9,11-17,20H2,1-4H3,(H,34,39). The van der Waals surface area contributed by atoms with Crippen molar-refractivity contribution in [2.24, 2.45) is 4.99 Å². The van der Waals surface area contributed by atoms with E-state index in [2.05, 4.69) is 35.2 Å². The first kappa shape index (κ1) is 29.2. The van der Waals surface area contributed by atoms with Gasteiger partial charge in [-0.1, -0.05) is 18.6 Å². The summed E-state index contributed by atoms with van der Waals surface area (Å²) in [4.78, 5) is 36.0. The number of nitrogens with zero attached hydrogens (tertiary/aromatic N) is 5. The molecule has 2 saturated heterocycles. The lowest BCUT2D eigenvalue weighted by molar-refractivity contribution is 0.0630. The molecule has 220 valence electrons. The molecule has 2 aromatic rings. The van der Waals surface area contributed by atoms with Gasteiger partial charge in [0.1, 0.15) is 0 Å². The van der Waals surface area contributed by atoms with E-state index in [0.717, 1.165) is 75.3 Å². The van der Waals surface area contributed by atoms with Gasteiger partial charge in [-0.3, -0.25) is 24.2 Å². The molecule has 0 radical (unpaired) electrons. The van der Waals surface area contributed by atoms with Gasteiger partial charge in [0.15, 0.2) is 0 Å². The number of ether oxygens (including phenoxy) is 1. The van der Waals surface area contributed by atoms with Crippen molar-refractivity contribution in [3.63, 3.8) is 0 Å². The molecule has 2 fully saturated rings. The summed E-state index contributed by atoms with van der Waals surface area (Å²) in [5.41, 5.74) is 5.99. The predicted octanol–water partition coefficient (Wildman–Crippen LogP) is 4.60. The smallest absolute Gasteiger partial charge is 0.259 e. The molecule has 41 heavy (non-hydrogen) atoms. The van der Waals surface area contributed by atoms with Crippen LogP contribution in [0.5, 0.6) is 0 Å². The van der Waals surface area contributed by atoms with Crippen LogP contribution in [0.3, 0.4) is 0 Å². The first-order chi connectivity index (χ1) is 19.8. The number of piperazine rings is 1. The van der Waals surface area contributed by atoms with Crippen molar-refractivity contribution in [3.8, 4) is 0 Å². The molecule has 0 spiro atoms. The SMILES string of the molecule is CCc1cc(C(=O)N2CCN(CC3CC(C)=CCC=N3)CC2)c(C)cc1NC(=O)c1cn(C2CCOCC2)nc1C. The lowest BCUT2D eigenvalue weighted by Crippen LogP contribution is -2.50. The molecule has 4 heterocycles. The minimum atomic E-state index is -0.172. The summed E-state index contributed by atoms with van der Waals surface area (Å²) < 4.78 is 7.39. The molecule has 1 atom stereocenters. The number of hydrogen-bond acceptors (Lipinski definition) is 6. The Labute approximate surface area is 243 Å². The van der Waals surface area contributed by atoms with Crippen LogP contribution in [-0.4, -0.2) is 89.6 Å². The fourth-order valence-electron chi connectivity index (χ4n) is 6.11. The molecule has 1 aromatic heterocycles. The summed E-state index contributed by atoms with van der Waals surface area (Å²) in [5.74, 6) is -0.108. The molecule has 1 unspecified atom stereocenters. The van der Waals surface area contributed by atoms with Crippen molar-refractivity contribution in [2.75, 3.05) is 51.3 Å². The maximum absolute atomic E-state index is 13.6. The Morgan fingerprint density at radius 2 is 1.80 bits per heavy atom. The van der Waals surface area contributed by atoms with Gasteiger partial charge in [-0.25, -0.2) is 0 Å². The maximum Gasteiger partial charge on any atom is 0.259 e. The summed E-state index contributed by atoms with van der Waals surface area (Å²) in [6.45, 7) is 13.6. The van der Waals surface area contributed by atoms with Crippen LogP contribution < -0.4 is 5.32 Å². The summed E-state index contributed by atoms with van der Waals surface area (Å²) in [5, 5.41) is 7.74. The minimum absolute atomic E-state index is 0.0644. The molecule has 9 nitrogen and oxygen atoms in total. The Bertz CT molecular complexity index is 1310. The molecular formula is C32H44N6O3. The summed E-state index contributed by atoms with van der Waals surface area (Å²) in [6, 6.07) is 4.47. The number of hydrogen-bond donors (Lipinski definition) is 1. The summed E-state index contributed by atoms with van der Waals surface area (Å²) in [7, 11) is 0. The normalized spacial score (nSPS) is 20.5. The van der Waals surface area contributed by atoms with E-state index < -0.39 is 0 Å². The second-order valence-electron chi connectivity index (χ2n) is 11.7. The highest BCUT2D eigenvalue weighted by Crippen LogP contribution is 2.26. The number of carbonyl (C=O) groups excluding carboxylic acids is 2. The van der Waals surface area contributed by atoms with E-state index in [4.69, 9.17) is 9.73 Å². The van der Waals surface area contributed by atoms with Gasteiger partial charge >= 0.3 is 0 Å². The highest BCUT2D eigenvalue weighted by Gasteiger charge is 2.26. The third-order valence-corrected chi connectivity index (χ3v) is 8.61. The van der Waals surface area contributed by atoms with Gasteiger partial charge in [0.05, 0.1) is 23.3 Å². The third-order valence-electron chi connectivity index (χ3n) is 8.61. The second-order valence-corrected chi connectivity index (χ2v) is 11.7. The van der Waals surface area contributed by atoms with Gasteiger partial charge in [0.2, 0.25) is 0 Å². The number of anilines is 1. The Kier molecular flexibility index (Phi) is 9.35. The monoisotopic (exact) mass is 560 g/mol. The molecule has 1 aromatic carbocycles. The third kappa shape index (κ3) is 6.96. The van der Waals surface area contributed by atoms with Gasteiger partial charge < -0.3 is 15.0 Å². The molecule has 0 bridgehead atoms. The van der Waals surface area contributed by atoms with Crippen LogP contribution in [0.4, 0.5) is 5.69 Å². The largest absolute Gasteiger partial charge is 0.381 e. The average molecular weight is 561 g/mol. The molecule has 0 saturated carbocycles. The number of amides is 2. The number of rotatable bonds is 7. The predicted molar refractivity (Wildman–Crippen MR) is 162 cm³/mol. The van der Waals surface area contributed by atoms with Crippen LogP contribution in [0, 0.1) is 13.8 Å². The second kappa shape index (κ2) is 13.1. The zero-order valence-electron chi connectivity index (χ0n) is 25.0. The molecule has 0 aliphatic carbocycles. The van der Waals surface area contributed by atoms with Crippen LogP contribution in [-0.2, 0) is 11.2 Å². The fourth-order valence-corrected chi connectivity index (χ4v) is 6.11. The first-order valence-electron chi connectivity index (χ1n) is 15.1. The lowest BCUT2D eigenvalue weighted by atomic mass is 9.99. The van der Waals surface area contributed by atoms with Crippen LogP contribution in [0.25, 0.3) is 0 Å². The van der Waals surface area contributed by atoms with E-state index in [1.807, 2.05) is 48.0 Å². The molecular weight excluding hydrogens is 516 g/mol. The Hall–Kier alpha value is -3.30. The van der Waals surface area contributed by atoms with Crippen molar-refractivity contribution in [1.82, 2.24) is 19.6 Å². The zero-order chi connectivity index (χ0) is 28.9. The fraction of sp³-hybridized carbons (Fsp3) is 0.562. The Balaban J connectivity index is 1.22. The van der Waals surface area contributed by atoms with Crippen LogP contribution in [0.2, 0.25) is 0 Å². The first-order valence-corrected chi connectivity index (χ1v) is 15.1. The van der Waals surface area contributed by atoms with E-state index in [9.17, 15) is 9.59 Å². The van der Waals surface area contributed by atoms with Crippen molar-refractivity contribution in [3.05, 3.63) is 57.9 Å². The van der Waals surface area contributed by atoms with E-state index in [1.54, 1.807) is 0 Å². The topological polar surface area (TPSA) is 92.1 Å². The highest BCUT2D eigenvalue weighted by molar-refractivity contribution is 6.06. The highest BCUT2D eigenvalue weighted by atomic mass is 16.5. The maximum atomic E-state index is 13.6. The number of allylic oxidation sites excluding steroid dienone is 1. The lowest BCUT2D eigenvalue weighted by Gasteiger charge is -2.36. The van der Waals surface area contributed by atoms with Gasteiger partial charge in [-0.2, -0.15) is 5.10 Å². The van der Waals surface area contributed by atoms with Crippen molar-refractivity contribution in [1.29, 1.82) is 0 Å². The molecule has 2 amide bonds. The van der Waals surface area contributed by atoms with Crippen molar-refractivity contribution in [2.45, 2.75) is 71.9 Å². The van der Waals surface area contributed by atoms with Gasteiger partial charge in [0.25, 0.3) is 11.8 Å². The summed E-state index contributed by atoms with van der Waals surface area (Å²) >= 11 is 0. The Morgan fingerprint density at radius 1 is 1.05 bits per heavy atom. The number of benzene rings is 1. The number of aromatic nitrogens is 2. The number of aliphatic imine (C=N–C) groups is 1. The van der Waals surface area contributed by atoms with Gasteiger partial charge in [0, 0.05) is 76.0 Å². The zero-order valence-corrected chi connectivity index (χ0v) is 25.0. The van der Waals surface area contributed by atoms with E-state index >= 15 is 0 Å². The van der Waals surface area contributed by atoms with Crippen LogP contribution in [0.15, 0.2) is 35.0 Å². The molecule has 3 aliphatic heterocycles. The van der Waals surface area contributed by atoms with E-state index in [0.29, 0.717) is 42.4 Å².